The molecule has 1 N–H and O–H groups in total. The lowest BCUT2D eigenvalue weighted by Gasteiger charge is -2.42. The minimum Gasteiger partial charge on any atom is -0.504 e. The van der Waals surface area contributed by atoms with Gasteiger partial charge in [-0.3, -0.25) is 24.2 Å². The summed E-state index contributed by atoms with van der Waals surface area (Å²) >= 11 is 6.18. The topological polar surface area (TPSA) is 117 Å². The van der Waals surface area contributed by atoms with Crippen LogP contribution in [0.25, 0.3) is 0 Å². The molecule has 0 spiro atoms. The van der Waals surface area contributed by atoms with Gasteiger partial charge in [-0.25, -0.2) is 4.98 Å². The summed E-state index contributed by atoms with van der Waals surface area (Å²) in [4.78, 5) is 58.2. The molecule has 228 valence electrons. The summed E-state index contributed by atoms with van der Waals surface area (Å²) in [5, 5.41) is 12.1. The molecule has 2 amide bonds. The molecule has 1 saturated heterocycles. The van der Waals surface area contributed by atoms with Crippen LogP contribution in [0.5, 0.6) is 11.5 Å². The average Bonchev–Trinajstić information content (AvgIpc) is 3.23. The van der Waals surface area contributed by atoms with Gasteiger partial charge in [0.25, 0.3) is 11.8 Å². The maximum Gasteiger partial charge on any atom is 0.433 e. The molecule has 44 heavy (non-hydrogen) atoms. The van der Waals surface area contributed by atoms with Crippen LogP contribution in [-0.2, 0) is 25.4 Å². The highest BCUT2D eigenvalue weighted by Gasteiger charge is 2.57. The Kier molecular flexibility index (Phi) is 6.95. The largest absolute Gasteiger partial charge is 0.504 e. The zero-order chi connectivity index (χ0) is 31.8. The van der Waals surface area contributed by atoms with E-state index in [0.29, 0.717) is 17.2 Å². The Morgan fingerprint density at radius 1 is 1.09 bits per heavy atom. The summed E-state index contributed by atoms with van der Waals surface area (Å²) in [7, 11) is 2.62. The van der Waals surface area contributed by atoms with Crippen LogP contribution in [0.1, 0.15) is 36.9 Å². The normalized spacial score (nSPS) is 24.9. The predicted molar refractivity (Wildman–Crippen MR) is 150 cm³/mol. The molecule has 2 aromatic rings. The number of benzene rings is 1. The van der Waals surface area contributed by atoms with Crippen molar-refractivity contribution in [1.29, 1.82) is 0 Å². The summed E-state index contributed by atoms with van der Waals surface area (Å²) in [6.07, 6.45) is -1.62. The second-order valence-corrected chi connectivity index (χ2v) is 11.6. The SMILES string of the molecule is COc1ccc(C2C3=CCC4C(=O)N(N(C)c5nc(C(F)(F)F)ccc5Cl)C(=O)C4C3CC3=C2C(=O)C=C(C)C3=O)cc1O. The number of phenolic OH excluding ortho intramolecular Hbond substituents is 1. The quantitative estimate of drug-likeness (QED) is 0.288. The summed E-state index contributed by atoms with van der Waals surface area (Å²) in [5.41, 5.74) is 0.606. The lowest BCUT2D eigenvalue weighted by molar-refractivity contribution is -0.141. The molecule has 9 nitrogen and oxygen atoms in total. The maximum absolute atomic E-state index is 14.1. The number of anilines is 1. The Hall–Kier alpha value is -4.45. The van der Waals surface area contributed by atoms with Crippen molar-refractivity contribution in [3.05, 3.63) is 81.1 Å². The third kappa shape index (κ3) is 4.42. The van der Waals surface area contributed by atoms with E-state index in [0.717, 1.165) is 16.1 Å². The summed E-state index contributed by atoms with van der Waals surface area (Å²) in [6.45, 7) is 1.53. The summed E-state index contributed by atoms with van der Waals surface area (Å²) < 4.78 is 45.4. The zero-order valence-electron chi connectivity index (χ0n) is 23.6. The zero-order valence-corrected chi connectivity index (χ0v) is 24.4. The lowest BCUT2D eigenvalue weighted by atomic mass is 9.59. The van der Waals surface area contributed by atoms with E-state index in [1.807, 2.05) is 0 Å². The third-order valence-electron chi connectivity index (χ3n) is 8.80. The number of hydrazine groups is 1. The first kappa shape index (κ1) is 29.6. The molecule has 1 fully saturated rings. The Morgan fingerprint density at radius 3 is 2.48 bits per heavy atom. The Balaban J connectivity index is 1.43. The van der Waals surface area contributed by atoms with E-state index in [1.165, 1.54) is 39.3 Å². The molecule has 0 saturated carbocycles. The van der Waals surface area contributed by atoms with Crippen LogP contribution in [-0.4, -0.2) is 52.6 Å². The fourth-order valence-electron chi connectivity index (χ4n) is 6.84. The van der Waals surface area contributed by atoms with Crippen molar-refractivity contribution in [2.24, 2.45) is 17.8 Å². The molecule has 4 atom stereocenters. The molecule has 1 aliphatic heterocycles. The number of Topliss-reactive ketones (excluding diaryl/α,β-unsaturated/α-hetero) is 1. The first-order valence-electron chi connectivity index (χ1n) is 13.7. The number of fused-ring (bicyclic) bond motifs is 3. The van der Waals surface area contributed by atoms with Gasteiger partial charge < -0.3 is 9.84 Å². The predicted octanol–water partition coefficient (Wildman–Crippen LogP) is 4.95. The van der Waals surface area contributed by atoms with E-state index in [2.05, 4.69) is 4.98 Å². The molecule has 1 aromatic carbocycles. The number of carbonyl (C=O) groups is 4. The number of rotatable bonds is 4. The van der Waals surface area contributed by atoms with Gasteiger partial charge >= 0.3 is 6.18 Å². The van der Waals surface area contributed by atoms with E-state index >= 15 is 0 Å². The minimum absolute atomic E-state index is 0.00978. The number of alkyl halides is 3. The van der Waals surface area contributed by atoms with Gasteiger partial charge in [0.05, 0.1) is 24.0 Å². The number of hydrogen-bond donors (Lipinski definition) is 1. The monoisotopic (exact) mass is 627 g/mol. The molecule has 3 aliphatic carbocycles. The standard InChI is InChI=1S/C31H25ClF3N3O6/c1-13-10-21(40)26-18(27(13)41)12-17-15(24(26)14-4-8-22(44-3)20(39)11-14)5-6-16-25(17)30(43)38(29(16)42)37(2)28-19(32)7-9-23(36-28)31(33,34)35/h4-5,7-11,16-17,24-25,39H,6,12H2,1-3H3. The first-order chi connectivity index (χ1) is 20.7. The van der Waals surface area contributed by atoms with Crippen molar-refractivity contribution in [3.63, 3.8) is 0 Å². The number of imide groups is 1. The van der Waals surface area contributed by atoms with Crippen LogP contribution in [0, 0.1) is 17.8 Å². The van der Waals surface area contributed by atoms with Gasteiger partial charge in [-0.2, -0.15) is 18.2 Å². The molecule has 0 radical (unpaired) electrons. The molecular formula is C31H25ClF3N3O6. The number of aromatic nitrogens is 1. The van der Waals surface area contributed by atoms with Crippen LogP contribution in [0.15, 0.2) is 64.8 Å². The molecular weight excluding hydrogens is 603 g/mol. The Bertz CT molecular complexity index is 1760. The number of carbonyl (C=O) groups excluding carboxylic acids is 4. The number of aromatic hydroxyl groups is 1. The highest BCUT2D eigenvalue weighted by atomic mass is 35.5. The second kappa shape index (κ2) is 10.3. The number of hydrogen-bond acceptors (Lipinski definition) is 8. The van der Waals surface area contributed by atoms with E-state index in [4.69, 9.17) is 16.3 Å². The highest BCUT2D eigenvalue weighted by molar-refractivity contribution is 6.33. The number of phenols is 1. The Labute approximate surface area is 254 Å². The van der Waals surface area contributed by atoms with Gasteiger partial charge in [-0.1, -0.05) is 29.3 Å². The number of methoxy groups -OCH3 is 1. The number of ketones is 2. The van der Waals surface area contributed by atoms with E-state index < -0.39 is 53.2 Å². The van der Waals surface area contributed by atoms with Gasteiger partial charge in [0.2, 0.25) is 0 Å². The van der Waals surface area contributed by atoms with Gasteiger partial charge in [0.1, 0.15) is 5.69 Å². The highest BCUT2D eigenvalue weighted by Crippen LogP contribution is 2.55. The van der Waals surface area contributed by atoms with Crippen molar-refractivity contribution in [2.75, 3.05) is 19.2 Å². The van der Waals surface area contributed by atoms with Gasteiger partial charge in [-0.15, -0.1) is 0 Å². The van der Waals surface area contributed by atoms with Crippen molar-refractivity contribution < 1.29 is 42.2 Å². The number of nitrogens with zero attached hydrogens (tertiary/aromatic N) is 3. The van der Waals surface area contributed by atoms with Crippen LogP contribution in [0.3, 0.4) is 0 Å². The van der Waals surface area contributed by atoms with Crippen molar-refractivity contribution in [1.82, 2.24) is 9.99 Å². The average molecular weight is 628 g/mol. The molecule has 1 aromatic heterocycles. The van der Waals surface area contributed by atoms with Crippen LogP contribution >= 0.6 is 11.6 Å². The van der Waals surface area contributed by atoms with Crippen LogP contribution in [0.2, 0.25) is 5.02 Å². The molecule has 2 heterocycles. The number of halogens is 4. The third-order valence-corrected chi connectivity index (χ3v) is 9.09. The van der Waals surface area contributed by atoms with Crippen molar-refractivity contribution in [2.45, 2.75) is 31.9 Å². The summed E-state index contributed by atoms with van der Waals surface area (Å²) in [5.74, 6) is -5.79. The summed E-state index contributed by atoms with van der Waals surface area (Å²) in [6, 6.07) is 6.33. The Morgan fingerprint density at radius 2 is 1.82 bits per heavy atom. The van der Waals surface area contributed by atoms with Crippen molar-refractivity contribution in [3.8, 4) is 11.5 Å². The van der Waals surface area contributed by atoms with E-state index in [1.54, 1.807) is 12.1 Å². The van der Waals surface area contributed by atoms with Gasteiger partial charge in [0.15, 0.2) is 28.9 Å². The van der Waals surface area contributed by atoms with E-state index in [-0.39, 0.29) is 57.6 Å². The molecule has 13 heteroatoms. The number of pyridine rings is 1. The number of ether oxygens (including phenoxy) is 1. The van der Waals surface area contributed by atoms with Crippen LogP contribution in [0.4, 0.5) is 19.0 Å². The molecule has 0 bridgehead atoms. The fraction of sp³-hybridized carbons (Fsp3) is 0.323. The number of allylic oxidation sites excluding steroid dienone is 6. The fourth-order valence-corrected chi connectivity index (χ4v) is 7.07. The van der Waals surface area contributed by atoms with Gasteiger partial charge in [-0.05, 0) is 61.6 Å². The van der Waals surface area contributed by atoms with Crippen molar-refractivity contribution >= 4 is 40.8 Å². The first-order valence-corrected chi connectivity index (χ1v) is 14.0. The second-order valence-electron chi connectivity index (χ2n) is 11.2. The van der Waals surface area contributed by atoms with Crippen LogP contribution < -0.4 is 9.75 Å². The number of amides is 2. The maximum atomic E-state index is 14.1. The lowest BCUT2D eigenvalue weighted by Crippen LogP contribution is -2.46. The molecule has 6 rings (SSSR count). The van der Waals surface area contributed by atoms with E-state index in [9.17, 15) is 37.5 Å². The smallest absolute Gasteiger partial charge is 0.433 e. The van der Waals surface area contributed by atoms with Gasteiger partial charge in [0, 0.05) is 29.7 Å². The molecule has 4 unspecified atom stereocenters. The molecule has 4 aliphatic rings. The minimum atomic E-state index is -4.79.